The maximum absolute atomic E-state index is 13.4. The molecule has 1 atom stereocenters. The van der Waals surface area contributed by atoms with Crippen molar-refractivity contribution in [2.45, 2.75) is 31.7 Å². The number of rotatable bonds is 7. The molecular formula is C16H21BrFN7O4S. The standard InChI is InChI=1S/C16H21BrFN7O4S/c17-12-9-10(4-5-13(12)18)21-16(22-26)14-15(24-29-23-14)20-7-6-11-3-1-2-8-25(11)30(19,27)28/h4-5,9,11,26H,1-3,6-8H2,(H,20,24)(H,21,22)(H2,19,27,28). The number of hydrogen-bond acceptors (Lipinski definition) is 8. The van der Waals surface area contributed by atoms with Crippen molar-refractivity contribution in [2.75, 3.05) is 23.7 Å². The molecule has 0 aliphatic carbocycles. The molecule has 0 saturated carbocycles. The maximum atomic E-state index is 13.4. The van der Waals surface area contributed by atoms with Gasteiger partial charge in [-0.1, -0.05) is 11.6 Å². The first-order valence-electron chi connectivity index (χ1n) is 9.10. The predicted octanol–water partition coefficient (Wildman–Crippen LogP) is 2.08. The van der Waals surface area contributed by atoms with Crippen molar-refractivity contribution < 1.29 is 22.6 Å². The number of oxime groups is 1. The van der Waals surface area contributed by atoms with Gasteiger partial charge < -0.3 is 15.8 Å². The highest BCUT2D eigenvalue weighted by atomic mass is 79.9. The summed E-state index contributed by atoms with van der Waals surface area (Å²) in [5.74, 6) is -0.305. The van der Waals surface area contributed by atoms with Crippen molar-refractivity contribution in [3.05, 3.63) is 34.2 Å². The fourth-order valence-corrected chi connectivity index (χ4v) is 4.65. The molecule has 0 amide bonds. The number of nitrogens with two attached hydrogens (primary N) is 1. The monoisotopic (exact) mass is 505 g/mol. The SMILES string of the molecule is NS(=O)(=O)N1CCCCC1CCNc1nonc1/C(=N/O)Nc1ccc(F)c(Br)c1. The van der Waals surface area contributed by atoms with Gasteiger partial charge in [0.05, 0.1) is 4.47 Å². The molecule has 1 fully saturated rings. The molecule has 1 aliphatic heterocycles. The molecule has 0 bridgehead atoms. The maximum Gasteiger partial charge on any atom is 0.277 e. The summed E-state index contributed by atoms with van der Waals surface area (Å²) < 4.78 is 43.2. The van der Waals surface area contributed by atoms with Gasteiger partial charge in [0.1, 0.15) is 5.82 Å². The number of aromatic nitrogens is 2. The molecule has 1 unspecified atom stereocenters. The summed E-state index contributed by atoms with van der Waals surface area (Å²) in [5, 5.41) is 31.1. The van der Waals surface area contributed by atoms with Gasteiger partial charge >= 0.3 is 0 Å². The Balaban J connectivity index is 1.65. The van der Waals surface area contributed by atoms with Crippen molar-refractivity contribution in [1.82, 2.24) is 14.6 Å². The van der Waals surface area contributed by atoms with E-state index in [2.05, 4.69) is 42.0 Å². The Bertz CT molecular complexity index is 1020. The summed E-state index contributed by atoms with van der Waals surface area (Å²) in [6.07, 6.45) is 2.91. The number of piperidine rings is 1. The van der Waals surface area contributed by atoms with Crippen LogP contribution in [0, 0.1) is 5.82 Å². The van der Waals surface area contributed by atoms with Crippen LogP contribution in [0.5, 0.6) is 0 Å². The number of amidine groups is 1. The zero-order valence-corrected chi connectivity index (χ0v) is 18.2. The molecule has 1 aromatic heterocycles. The fraction of sp³-hybridized carbons (Fsp3) is 0.438. The van der Waals surface area contributed by atoms with Gasteiger partial charge in [-0.15, -0.1) is 0 Å². The van der Waals surface area contributed by atoms with E-state index in [-0.39, 0.29) is 27.9 Å². The van der Waals surface area contributed by atoms with Crippen molar-refractivity contribution in [3.8, 4) is 0 Å². The third-order valence-corrected chi connectivity index (χ3v) is 6.41. The van der Waals surface area contributed by atoms with Crippen LogP contribution in [0.15, 0.2) is 32.5 Å². The van der Waals surface area contributed by atoms with Crippen LogP contribution in [-0.4, -0.2) is 53.2 Å². The van der Waals surface area contributed by atoms with Crippen LogP contribution in [-0.2, 0) is 10.2 Å². The molecule has 1 aliphatic rings. The second-order valence-corrected chi connectivity index (χ2v) is 9.04. The Morgan fingerprint density at radius 3 is 2.93 bits per heavy atom. The summed E-state index contributed by atoms with van der Waals surface area (Å²) in [6.45, 7) is 0.761. The highest BCUT2D eigenvalue weighted by Gasteiger charge is 2.29. The van der Waals surface area contributed by atoms with Crippen molar-refractivity contribution in [1.29, 1.82) is 0 Å². The van der Waals surface area contributed by atoms with Gasteiger partial charge in [0.25, 0.3) is 10.2 Å². The van der Waals surface area contributed by atoms with Gasteiger partial charge in [-0.25, -0.2) is 14.2 Å². The summed E-state index contributed by atoms with van der Waals surface area (Å²) >= 11 is 3.08. The lowest BCUT2D eigenvalue weighted by molar-refractivity contribution is 0.244. The molecule has 14 heteroatoms. The summed E-state index contributed by atoms with van der Waals surface area (Å²) in [4.78, 5) is 0. The third kappa shape index (κ3) is 5.44. The molecule has 0 radical (unpaired) electrons. The first-order valence-corrected chi connectivity index (χ1v) is 11.4. The highest BCUT2D eigenvalue weighted by Crippen LogP contribution is 2.23. The van der Waals surface area contributed by atoms with E-state index in [1.807, 2.05) is 0 Å². The third-order valence-electron chi connectivity index (χ3n) is 4.67. The Morgan fingerprint density at radius 2 is 2.23 bits per heavy atom. The van der Waals surface area contributed by atoms with E-state index in [9.17, 15) is 18.0 Å². The van der Waals surface area contributed by atoms with E-state index in [1.165, 1.54) is 22.5 Å². The lowest BCUT2D eigenvalue weighted by Crippen LogP contribution is -2.47. The van der Waals surface area contributed by atoms with E-state index in [1.54, 1.807) is 0 Å². The second kappa shape index (κ2) is 9.68. The number of halogens is 2. The quantitative estimate of drug-likeness (QED) is 0.192. The van der Waals surface area contributed by atoms with Gasteiger partial charge in [-0.3, -0.25) is 0 Å². The normalized spacial score (nSPS) is 18.4. The summed E-state index contributed by atoms with van der Waals surface area (Å²) in [5.41, 5.74) is 0.543. The lowest BCUT2D eigenvalue weighted by atomic mass is 10.0. The van der Waals surface area contributed by atoms with Crippen LogP contribution < -0.4 is 15.8 Å². The molecule has 1 saturated heterocycles. The Morgan fingerprint density at radius 1 is 1.43 bits per heavy atom. The number of hydrogen-bond donors (Lipinski definition) is 4. The highest BCUT2D eigenvalue weighted by molar-refractivity contribution is 9.10. The van der Waals surface area contributed by atoms with Crippen molar-refractivity contribution in [3.63, 3.8) is 0 Å². The van der Waals surface area contributed by atoms with Gasteiger partial charge in [0.2, 0.25) is 11.7 Å². The van der Waals surface area contributed by atoms with Crippen LogP contribution >= 0.6 is 15.9 Å². The van der Waals surface area contributed by atoms with E-state index in [4.69, 9.17) is 9.77 Å². The Kier molecular flexibility index (Phi) is 7.23. The van der Waals surface area contributed by atoms with Crippen LogP contribution in [0.3, 0.4) is 0 Å². The molecule has 2 heterocycles. The van der Waals surface area contributed by atoms with Crippen LogP contribution in [0.25, 0.3) is 0 Å². The molecule has 2 aromatic rings. The molecule has 1 aromatic carbocycles. The Labute approximate surface area is 180 Å². The molecule has 3 rings (SSSR count). The number of anilines is 2. The smallest absolute Gasteiger partial charge is 0.277 e. The summed E-state index contributed by atoms with van der Waals surface area (Å²) in [7, 11) is -3.76. The topological polar surface area (TPSA) is 159 Å². The first kappa shape index (κ1) is 22.4. The second-order valence-electron chi connectivity index (χ2n) is 6.68. The van der Waals surface area contributed by atoms with Gasteiger partial charge in [0.15, 0.2) is 5.69 Å². The zero-order valence-electron chi connectivity index (χ0n) is 15.8. The van der Waals surface area contributed by atoms with E-state index >= 15 is 0 Å². The van der Waals surface area contributed by atoms with Crippen LogP contribution in [0.2, 0.25) is 0 Å². The predicted molar refractivity (Wildman–Crippen MR) is 111 cm³/mol. The van der Waals surface area contributed by atoms with Crippen molar-refractivity contribution >= 4 is 43.5 Å². The molecular weight excluding hydrogens is 485 g/mol. The van der Waals surface area contributed by atoms with Crippen LogP contribution in [0.4, 0.5) is 15.9 Å². The molecule has 5 N–H and O–H groups in total. The largest absolute Gasteiger partial charge is 0.409 e. The van der Waals surface area contributed by atoms with Gasteiger partial charge in [-0.05, 0) is 63.7 Å². The zero-order chi connectivity index (χ0) is 21.7. The average Bonchev–Trinajstić information content (AvgIpc) is 3.17. The molecule has 30 heavy (non-hydrogen) atoms. The number of nitrogens with zero attached hydrogens (tertiary/aromatic N) is 4. The Hall–Kier alpha value is -2.29. The number of nitrogens with one attached hydrogen (secondary N) is 2. The van der Waals surface area contributed by atoms with Gasteiger partial charge in [0, 0.05) is 24.8 Å². The van der Waals surface area contributed by atoms with Crippen LogP contribution in [0.1, 0.15) is 31.4 Å². The first-order chi connectivity index (χ1) is 14.3. The van der Waals surface area contributed by atoms with E-state index in [0.29, 0.717) is 31.6 Å². The molecule has 0 spiro atoms. The number of benzene rings is 1. The molecule has 11 nitrogen and oxygen atoms in total. The minimum absolute atomic E-state index is 0.0684. The average molecular weight is 506 g/mol. The summed E-state index contributed by atoms with van der Waals surface area (Å²) in [6, 6.07) is 3.94. The fourth-order valence-electron chi connectivity index (χ4n) is 3.26. The van der Waals surface area contributed by atoms with E-state index < -0.39 is 16.0 Å². The van der Waals surface area contributed by atoms with Gasteiger partial charge in [-0.2, -0.15) is 12.7 Å². The van der Waals surface area contributed by atoms with E-state index in [0.717, 1.165) is 12.8 Å². The minimum Gasteiger partial charge on any atom is -0.409 e. The minimum atomic E-state index is -3.76. The lowest BCUT2D eigenvalue weighted by Gasteiger charge is -2.33. The molecule has 164 valence electrons. The van der Waals surface area contributed by atoms with Crippen molar-refractivity contribution in [2.24, 2.45) is 10.3 Å².